The number of hydrogen-bond acceptors (Lipinski definition) is 3. The molecule has 0 saturated carbocycles. The first-order valence-electron chi connectivity index (χ1n) is 7.82. The van der Waals surface area contributed by atoms with Gasteiger partial charge in [-0.05, 0) is 25.8 Å². The number of rotatable bonds is 7. The normalized spacial score (nSPS) is 12.7. The molecule has 2 unspecified atom stereocenters. The molecule has 0 aliphatic heterocycles. The molecule has 0 amide bonds. The van der Waals surface area contributed by atoms with Gasteiger partial charge >= 0.3 is 5.97 Å². The number of ketones is 1. The van der Waals surface area contributed by atoms with E-state index in [2.05, 4.69) is 18.8 Å². The molecule has 3 heteroatoms. The van der Waals surface area contributed by atoms with Crippen LogP contribution >= 0.6 is 0 Å². The zero-order valence-corrected chi connectivity index (χ0v) is 13.6. The number of Topliss-reactive ketones (excluding diaryl/α,β-unsaturated/α-hetero) is 1. The van der Waals surface area contributed by atoms with Crippen LogP contribution in [0.3, 0.4) is 0 Å². The molecule has 3 nitrogen and oxygen atoms in total. The molecule has 0 spiro atoms. The van der Waals surface area contributed by atoms with Crippen LogP contribution in [0.25, 0.3) is 0 Å². The van der Waals surface area contributed by atoms with E-state index in [1.807, 2.05) is 30.3 Å². The summed E-state index contributed by atoms with van der Waals surface area (Å²) in [5, 5.41) is 0. The topological polar surface area (TPSA) is 43.4 Å². The quantitative estimate of drug-likeness (QED) is 0.333. The number of ether oxygens (including phenoxy) is 1. The SMILES string of the molecule is CCCCC#CC(c1ccccc1)C(C(C)=O)C(=O)OCC. The van der Waals surface area contributed by atoms with E-state index in [9.17, 15) is 9.59 Å². The highest BCUT2D eigenvalue weighted by molar-refractivity contribution is 5.99. The predicted molar refractivity (Wildman–Crippen MR) is 87.3 cm³/mol. The predicted octanol–water partition coefficient (Wildman–Crippen LogP) is 3.73. The molecule has 0 radical (unpaired) electrons. The largest absolute Gasteiger partial charge is 0.465 e. The van der Waals surface area contributed by atoms with Crippen molar-refractivity contribution < 1.29 is 14.3 Å². The Morgan fingerprint density at radius 3 is 2.41 bits per heavy atom. The molecule has 0 aliphatic carbocycles. The van der Waals surface area contributed by atoms with Gasteiger partial charge in [0.05, 0.1) is 12.5 Å². The second-order valence-corrected chi connectivity index (χ2v) is 5.15. The molecule has 0 N–H and O–H groups in total. The van der Waals surface area contributed by atoms with Gasteiger partial charge in [-0.3, -0.25) is 9.59 Å². The first-order chi connectivity index (χ1) is 10.6. The number of unbranched alkanes of at least 4 members (excludes halogenated alkanes) is 2. The molecular formula is C19H24O3. The molecule has 22 heavy (non-hydrogen) atoms. The standard InChI is InChI=1S/C19H24O3/c1-4-6-7-11-14-17(16-12-9-8-10-13-16)18(15(3)20)19(21)22-5-2/h8-10,12-13,17-18H,4-7H2,1-3H3. The zero-order valence-electron chi connectivity index (χ0n) is 13.6. The van der Waals surface area contributed by atoms with Crippen LogP contribution in [-0.4, -0.2) is 18.4 Å². The van der Waals surface area contributed by atoms with Gasteiger partial charge in [0.15, 0.2) is 0 Å². The molecule has 0 bridgehead atoms. The summed E-state index contributed by atoms with van der Waals surface area (Å²) in [6, 6.07) is 9.47. The van der Waals surface area contributed by atoms with Crippen LogP contribution in [0, 0.1) is 17.8 Å². The lowest BCUT2D eigenvalue weighted by Crippen LogP contribution is -2.30. The molecular weight excluding hydrogens is 276 g/mol. The van der Waals surface area contributed by atoms with Crippen molar-refractivity contribution >= 4 is 11.8 Å². The third-order valence-electron chi connectivity index (χ3n) is 3.38. The van der Waals surface area contributed by atoms with Crippen LogP contribution in [0.5, 0.6) is 0 Å². The van der Waals surface area contributed by atoms with Gasteiger partial charge in [0.2, 0.25) is 0 Å². The lowest BCUT2D eigenvalue weighted by atomic mass is 9.84. The van der Waals surface area contributed by atoms with Crippen molar-refractivity contribution in [3.8, 4) is 11.8 Å². The van der Waals surface area contributed by atoms with Gasteiger partial charge < -0.3 is 4.74 Å². The number of carbonyl (C=O) groups is 2. The lowest BCUT2D eigenvalue weighted by Gasteiger charge is -2.19. The third kappa shape index (κ3) is 5.37. The van der Waals surface area contributed by atoms with Crippen LogP contribution in [0.2, 0.25) is 0 Å². The molecule has 1 aromatic carbocycles. The molecule has 0 heterocycles. The van der Waals surface area contributed by atoms with E-state index in [-0.39, 0.29) is 12.4 Å². The van der Waals surface area contributed by atoms with Crippen molar-refractivity contribution in [3.63, 3.8) is 0 Å². The highest BCUT2D eigenvalue weighted by Gasteiger charge is 2.33. The highest BCUT2D eigenvalue weighted by Crippen LogP contribution is 2.26. The maximum absolute atomic E-state index is 12.2. The van der Waals surface area contributed by atoms with Crippen molar-refractivity contribution in [1.29, 1.82) is 0 Å². The van der Waals surface area contributed by atoms with Gasteiger partial charge in [0, 0.05) is 6.42 Å². The number of esters is 1. The summed E-state index contributed by atoms with van der Waals surface area (Å²) in [7, 11) is 0. The molecule has 1 aromatic rings. The maximum Gasteiger partial charge on any atom is 0.318 e. The third-order valence-corrected chi connectivity index (χ3v) is 3.38. The molecule has 2 atom stereocenters. The Labute approximate surface area is 133 Å². The van der Waals surface area contributed by atoms with E-state index in [4.69, 9.17) is 4.74 Å². The van der Waals surface area contributed by atoms with E-state index in [1.165, 1.54) is 6.92 Å². The van der Waals surface area contributed by atoms with Crippen molar-refractivity contribution in [2.24, 2.45) is 5.92 Å². The molecule has 0 saturated heterocycles. The highest BCUT2D eigenvalue weighted by atomic mass is 16.5. The second-order valence-electron chi connectivity index (χ2n) is 5.15. The van der Waals surface area contributed by atoms with Gasteiger partial charge in [-0.2, -0.15) is 0 Å². The number of carbonyl (C=O) groups excluding carboxylic acids is 2. The fourth-order valence-electron chi connectivity index (χ4n) is 2.24. The van der Waals surface area contributed by atoms with Crippen LogP contribution < -0.4 is 0 Å². The zero-order chi connectivity index (χ0) is 16.4. The van der Waals surface area contributed by atoms with Crippen molar-refractivity contribution in [1.82, 2.24) is 0 Å². The van der Waals surface area contributed by atoms with Crippen molar-refractivity contribution in [3.05, 3.63) is 35.9 Å². The maximum atomic E-state index is 12.2. The lowest BCUT2D eigenvalue weighted by molar-refractivity contribution is -0.151. The fraction of sp³-hybridized carbons (Fsp3) is 0.474. The Kier molecular flexibility index (Phi) is 7.99. The van der Waals surface area contributed by atoms with Crippen LogP contribution in [0.15, 0.2) is 30.3 Å². The fourth-order valence-corrected chi connectivity index (χ4v) is 2.24. The molecule has 0 aromatic heterocycles. The minimum Gasteiger partial charge on any atom is -0.465 e. The average molecular weight is 300 g/mol. The number of benzene rings is 1. The summed E-state index contributed by atoms with van der Waals surface area (Å²) in [6.07, 6.45) is 2.85. The molecule has 0 aliphatic rings. The van der Waals surface area contributed by atoms with E-state index < -0.39 is 17.8 Å². The van der Waals surface area contributed by atoms with Crippen LogP contribution in [0.4, 0.5) is 0 Å². The van der Waals surface area contributed by atoms with Gasteiger partial charge in [0.25, 0.3) is 0 Å². The van der Waals surface area contributed by atoms with E-state index in [0.717, 1.165) is 24.8 Å². The Balaban J connectivity index is 3.12. The van der Waals surface area contributed by atoms with Gasteiger partial charge in [-0.1, -0.05) is 49.6 Å². The van der Waals surface area contributed by atoms with Gasteiger partial charge in [0.1, 0.15) is 11.7 Å². The summed E-state index contributed by atoms with van der Waals surface area (Å²) in [5.74, 6) is 4.21. The van der Waals surface area contributed by atoms with E-state index >= 15 is 0 Å². The molecule has 118 valence electrons. The average Bonchev–Trinajstić information content (AvgIpc) is 2.51. The van der Waals surface area contributed by atoms with Crippen LogP contribution in [-0.2, 0) is 14.3 Å². The minimum absolute atomic E-state index is 0.211. The Morgan fingerprint density at radius 2 is 1.86 bits per heavy atom. The first-order valence-corrected chi connectivity index (χ1v) is 7.82. The van der Waals surface area contributed by atoms with Crippen LogP contribution in [0.1, 0.15) is 51.5 Å². The Hall–Kier alpha value is -2.08. The summed E-state index contributed by atoms with van der Waals surface area (Å²) in [4.78, 5) is 24.2. The second kappa shape index (κ2) is 9.78. The van der Waals surface area contributed by atoms with Gasteiger partial charge in [-0.25, -0.2) is 0 Å². The number of hydrogen-bond donors (Lipinski definition) is 0. The Bertz CT molecular complexity index is 537. The van der Waals surface area contributed by atoms with E-state index in [1.54, 1.807) is 6.92 Å². The molecule has 0 fully saturated rings. The smallest absolute Gasteiger partial charge is 0.318 e. The monoisotopic (exact) mass is 300 g/mol. The summed E-state index contributed by atoms with van der Waals surface area (Å²) < 4.78 is 5.07. The van der Waals surface area contributed by atoms with Crippen molar-refractivity contribution in [2.45, 2.75) is 46.0 Å². The summed E-state index contributed by atoms with van der Waals surface area (Å²) in [6.45, 7) is 5.52. The Morgan fingerprint density at radius 1 is 1.18 bits per heavy atom. The summed E-state index contributed by atoms with van der Waals surface area (Å²) in [5.41, 5.74) is 0.875. The van der Waals surface area contributed by atoms with Crippen molar-refractivity contribution in [2.75, 3.05) is 6.61 Å². The van der Waals surface area contributed by atoms with Gasteiger partial charge in [-0.15, -0.1) is 5.92 Å². The minimum atomic E-state index is -0.864. The molecule has 1 rings (SSSR count). The summed E-state index contributed by atoms with van der Waals surface area (Å²) >= 11 is 0. The van der Waals surface area contributed by atoms with E-state index in [0.29, 0.717) is 0 Å². The first kappa shape index (κ1) is 18.0.